The molecule has 0 saturated heterocycles. The summed E-state index contributed by atoms with van der Waals surface area (Å²) in [5.74, 6) is 0. The second-order valence-electron chi connectivity index (χ2n) is 4.88. The molecule has 0 saturated carbocycles. The van der Waals surface area contributed by atoms with Crippen molar-refractivity contribution in [3.05, 3.63) is 57.0 Å². The van der Waals surface area contributed by atoms with Crippen LogP contribution in [0.3, 0.4) is 0 Å². The zero-order valence-electron chi connectivity index (χ0n) is 11.3. The van der Waals surface area contributed by atoms with E-state index in [-0.39, 0.29) is 5.56 Å². The van der Waals surface area contributed by atoms with Crippen molar-refractivity contribution in [2.24, 2.45) is 0 Å². The molecular formula is C16H15BrN2O. The van der Waals surface area contributed by atoms with E-state index in [1.54, 1.807) is 10.6 Å². The van der Waals surface area contributed by atoms with Gasteiger partial charge in [0.05, 0.1) is 5.69 Å². The predicted octanol–water partition coefficient (Wildman–Crippen LogP) is 3.95. The molecule has 3 nitrogen and oxygen atoms in total. The third-order valence-electron chi connectivity index (χ3n) is 3.50. The molecule has 0 unspecified atom stereocenters. The number of halogens is 1. The number of nitrogens with zero attached hydrogens (tertiary/aromatic N) is 2. The van der Waals surface area contributed by atoms with Crippen LogP contribution in [0.2, 0.25) is 0 Å². The largest absolute Gasteiger partial charge is 0.272 e. The average Bonchev–Trinajstić information content (AvgIpc) is 2.49. The Balaban J connectivity index is 2.36. The minimum absolute atomic E-state index is 0.0353. The third-order valence-corrected chi connectivity index (χ3v) is 4.30. The van der Waals surface area contributed by atoms with E-state index in [0.717, 1.165) is 41.4 Å². The Kier molecular flexibility index (Phi) is 3.57. The fraction of sp³-hybridized carbons (Fsp3) is 0.250. The molecule has 0 bridgehead atoms. The highest BCUT2D eigenvalue weighted by atomic mass is 79.9. The van der Waals surface area contributed by atoms with Crippen molar-refractivity contribution >= 4 is 32.3 Å². The molecular weight excluding hydrogens is 316 g/mol. The van der Waals surface area contributed by atoms with Crippen LogP contribution in [0.15, 0.2) is 45.8 Å². The maximum absolute atomic E-state index is 12.4. The van der Waals surface area contributed by atoms with Gasteiger partial charge in [0.25, 0.3) is 5.56 Å². The highest BCUT2D eigenvalue weighted by Crippen LogP contribution is 2.20. The molecule has 20 heavy (non-hydrogen) atoms. The number of rotatable bonds is 3. The summed E-state index contributed by atoms with van der Waals surface area (Å²) in [6.45, 7) is 2.14. The first-order chi connectivity index (χ1) is 9.72. The number of aryl methyl sites for hydroxylation is 1. The van der Waals surface area contributed by atoms with Crippen LogP contribution in [0.4, 0.5) is 0 Å². The summed E-state index contributed by atoms with van der Waals surface area (Å²) >= 11 is 3.40. The minimum Gasteiger partial charge on any atom is -0.268 e. The number of benzene rings is 1. The van der Waals surface area contributed by atoms with Gasteiger partial charge in [-0.05, 0) is 40.2 Å². The van der Waals surface area contributed by atoms with Gasteiger partial charge in [0.2, 0.25) is 0 Å². The van der Waals surface area contributed by atoms with Crippen molar-refractivity contribution in [1.82, 2.24) is 9.38 Å². The fourth-order valence-corrected chi connectivity index (χ4v) is 2.87. The molecule has 0 aliphatic rings. The smallest absolute Gasteiger partial charge is 0.268 e. The Bertz CT molecular complexity index is 839. The molecule has 102 valence electrons. The van der Waals surface area contributed by atoms with Gasteiger partial charge in [0.15, 0.2) is 0 Å². The van der Waals surface area contributed by atoms with Crippen LogP contribution < -0.4 is 5.56 Å². The standard InChI is InChI=1S/C16H15BrN2O/c1-2-3-8-13-14(17)16(20)19-10-9-11-6-4-5-7-12(11)15(19)18-13/h4-7,9-10H,2-3,8H2,1H3. The monoisotopic (exact) mass is 330 g/mol. The molecule has 2 aromatic heterocycles. The highest BCUT2D eigenvalue weighted by Gasteiger charge is 2.11. The topological polar surface area (TPSA) is 34.4 Å². The molecule has 4 heteroatoms. The van der Waals surface area contributed by atoms with Crippen LogP contribution in [0.25, 0.3) is 16.4 Å². The summed E-state index contributed by atoms with van der Waals surface area (Å²) < 4.78 is 2.20. The van der Waals surface area contributed by atoms with E-state index >= 15 is 0 Å². The second-order valence-corrected chi connectivity index (χ2v) is 5.67. The van der Waals surface area contributed by atoms with Crippen LogP contribution in [0, 0.1) is 0 Å². The van der Waals surface area contributed by atoms with E-state index < -0.39 is 0 Å². The van der Waals surface area contributed by atoms with Gasteiger partial charge >= 0.3 is 0 Å². The lowest BCUT2D eigenvalue weighted by molar-refractivity contribution is 0.769. The Morgan fingerprint density at radius 2 is 2.05 bits per heavy atom. The Hall–Kier alpha value is -1.68. The number of fused-ring (bicyclic) bond motifs is 3. The first-order valence-electron chi connectivity index (χ1n) is 6.81. The Morgan fingerprint density at radius 3 is 2.85 bits per heavy atom. The van der Waals surface area contributed by atoms with Crippen molar-refractivity contribution < 1.29 is 0 Å². The summed E-state index contributed by atoms with van der Waals surface area (Å²) in [4.78, 5) is 17.1. The van der Waals surface area contributed by atoms with Crippen LogP contribution >= 0.6 is 15.9 Å². The van der Waals surface area contributed by atoms with E-state index in [4.69, 9.17) is 4.98 Å². The van der Waals surface area contributed by atoms with Crippen LogP contribution in [-0.4, -0.2) is 9.38 Å². The number of hydrogen-bond donors (Lipinski definition) is 0. The normalized spacial score (nSPS) is 11.3. The van der Waals surface area contributed by atoms with Gasteiger partial charge in [0.1, 0.15) is 10.1 Å². The Labute approximate surface area is 125 Å². The molecule has 0 fully saturated rings. The van der Waals surface area contributed by atoms with Gasteiger partial charge < -0.3 is 0 Å². The number of hydrogen-bond acceptors (Lipinski definition) is 2. The van der Waals surface area contributed by atoms with E-state index in [0.29, 0.717) is 4.47 Å². The molecule has 0 aliphatic heterocycles. The van der Waals surface area contributed by atoms with Gasteiger partial charge in [-0.3, -0.25) is 9.20 Å². The number of unbranched alkanes of at least 4 members (excludes halogenated alkanes) is 1. The number of aromatic nitrogens is 2. The van der Waals surface area contributed by atoms with Crippen LogP contribution in [0.5, 0.6) is 0 Å². The summed E-state index contributed by atoms with van der Waals surface area (Å²) in [5, 5.41) is 2.11. The maximum Gasteiger partial charge on any atom is 0.272 e. The second kappa shape index (κ2) is 5.37. The molecule has 0 aliphatic carbocycles. The van der Waals surface area contributed by atoms with Crippen molar-refractivity contribution in [3.63, 3.8) is 0 Å². The van der Waals surface area contributed by atoms with Crippen LogP contribution in [-0.2, 0) is 6.42 Å². The van der Waals surface area contributed by atoms with E-state index in [1.165, 1.54) is 0 Å². The van der Waals surface area contributed by atoms with E-state index in [2.05, 4.69) is 22.9 Å². The molecule has 2 heterocycles. The quantitative estimate of drug-likeness (QED) is 0.681. The van der Waals surface area contributed by atoms with Gasteiger partial charge in [0, 0.05) is 11.6 Å². The number of pyridine rings is 1. The van der Waals surface area contributed by atoms with E-state index in [9.17, 15) is 4.79 Å². The first kappa shape index (κ1) is 13.3. The molecule has 3 rings (SSSR count). The molecule has 0 radical (unpaired) electrons. The lowest BCUT2D eigenvalue weighted by Gasteiger charge is -2.09. The zero-order valence-corrected chi connectivity index (χ0v) is 12.9. The lowest BCUT2D eigenvalue weighted by atomic mass is 10.1. The lowest BCUT2D eigenvalue weighted by Crippen LogP contribution is -2.18. The summed E-state index contributed by atoms with van der Waals surface area (Å²) in [5.41, 5.74) is 1.56. The summed E-state index contributed by atoms with van der Waals surface area (Å²) in [7, 11) is 0. The zero-order chi connectivity index (χ0) is 14.1. The van der Waals surface area contributed by atoms with Crippen molar-refractivity contribution in [2.75, 3.05) is 0 Å². The van der Waals surface area contributed by atoms with Gasteiger partial charge in [-0.1, -0.05) is 37.6 Å². The van der Waals surface area contributed by atoms with E-state index in [1.807, 2.05) is 30.3 Å². The molecule has 0 amide bonds. The van der Waals surface area contributed by atoms with Gasteiger partial charge in [-0.15, -0.1) is 0 Å². The Morgan fingerprint density at radius 1 is 1.25 bits per heavy atom. The van der Waals surface area contributed by atoms with Gasteiger partial charge in [-0.2, -0.15) is 0 Å². The fourth-order valence-electron chi connectivity index (χ4n) is 2.40. The molecule has 0 N–H and O–H groups in total. The van der Waals surface area contributed by atoms with Crippen molar-refractivity contribution in [2.45, 2.75) is 26.2 Å². The van der Waals surface area contributed by atoms with Crippen LogP contribution in [0.1, 0.15) is 25.5 Å². The molecule has 0 atom stereocenters. The molecule has 0 spiro atoms. The summed E-state index contributed by atoms with van der Waals surface area (Å²) in [6, 6.07) is 9.96. The summed E-state index contributed by atoms with van der Waals surface area (Å²) in [6.07, 6.45) is 4.74. The highest BCUT2D eigenvalue weighted by molar-refractivity contribution is 9.10. The average molecular weight is 331 g/mol. The maximum atomic E-state index is 12.4. The van der Waals surface area contributed by atoms with Crippen molar-refractivity contribution in [3.8, 4) is 0 Å². The predicted molar refractivity (Wildman–Crippen MR) is 85.3 cm³/mol. The van der Waals surface area contributed by atoms with Gasteiger partial charge in [-0.25, -0.2) is 4.98 Å². The SMILES string of the molecule is CCCCc1nc2c3ccccc3ccn2c(=O)c1Br. The van der Waals surface area contributed by atoms with Crippen molar-refractivity contribution in [1.29, 1.82) is 0 Å². The minimum atomic E-state index is -0.0353. The molecule has 3 aromatic rings. The third kappa shape index (κ3) is 2.14. The first-order valence-corrected chi connectivity index (χ1v) is 7.60. The molecule has 1 aromatic carbocycles.